The maximum Gasteiger partial charge on any atom is 0.0534 e. The van der Waals surface area contributed by atoms with Crippen LogP contribution < -0.4 is 0 Å². The second-order valence-corrected chi connectivity index (χ2v) is 4.79. The highest BCUT2D eigenvalue weighted by Crippen LogP contribution is 2.35. The van der Waals surface area contributed by atoms with E-state index < -0.39 is 0 Å². The first-order valence-electron chi connectivity index (χ1n) is 4.46. The first-order valence-corrected chi connectivity index (χ1v) is 6.38. The van der Waals surface area contributed by atoms with E-state index in [2.05, 4.69) is 6.26 Å². The molecule has 1 heterocycles. The fourth-order valence-corrected chi connectivity index (χ4v) is 2.39. The highest BCUT2D eigenvalue weighted by molar-refractivity contribution is 7.98. The Morgan fingerprint density at radius 2 is 2.42 bits per heavy atom. The fraction of sp³-hybridized carbons (Fsp3) is 1.00. The summed E-state index contributed by atoms with van der Waals surface area (Å²) in [4.78, 5) is 0. The van der Waals surface area contributed by atoms with Gasteiger partial charge in [-0.05, 0) is 31.3 Å². The van der Waals surface area contributed by atoms with Crippen LogP contribution in [0, 0.1) is 5.41 Å². The van der Waals surface area contributed by atoms with Crippen LogP contribution in [0.2, 0.25) is 0 Å². The monoisotopic (exact) mass is 208 g/mol. The molecule has 0 saturated carbocycles. The summed E-state index contributed by atoms with van der Waals surface area (Å²) in [7, 11) is 0. The summed E-state index contributed by atoms with van der Waals surface area (Å²) in [6.45, 7) is 1.79. The zero-order chi connectivity index (χ0) is 8.86. The molecular formula is C9H17ClOS. The Hall–Kier alpha value is 0.600. The molecule has 0 aromatic rings. The van der Waals surface area contributed by atoms with Gasteiger partial charge >= 0.3 is 0 Å². The maximum atomic E-state index is 5.96. The second kappa shape index (κ2) is 5.36. The SMILES string of the molecule is CSCCCC1(CCl)CCOC1. The Labute approximate surface area is 84.2 Å². The van der Waals surface area contributed by atoms with Gasteiger partial charge < -0.3 is 4.74 Å². The van der Waals surface area contributed by atoms with E-state index in [-0.39, 0.29) is 0 Å². The summed E-state index contributed by atoms with van der Waals surface area (Å²) in [5.41, 5.74) is 0.317. The van der Waals surface area contributed by atoms with Crippen molar-refractivity contribution in [2.45, 2.75) is 19.3 Å². The molecule has 1 saturated heterocycles. The van der Waals surface area contributed by atoms with Crippen molar-refractivity contribution in [3.05, 3.63) is 0 Å². The number of hydrogen-bond donors (Lipinski definition) is 0. The van der Waals surface area contributed by atoms with E-state index in [4.69, 9.17) is 16.3 Å². The van der Waals surface area contributed by atoms with Crippen molar-refractivity contribution in [3.63, 3.8) is 0 Å². The molecule has 0 bridgehead atoms. The number of halogens is 1. The predicted molar refractivity (Wildman–Crippen MR) is 56.2 cm³/mol. The van der Waals surface area contributed by atoms with E-state index in [1.54, 1.807) is 0 Å². The molecule has 1 rings (SSSR count). The van der Waals surface area contributed by atoms with Crippen LogP contribution in [-0.2, 0) is 4.74 Å². The third kappa shape index (κ3) is 2.82. The van der Waals surface area contributed by atoms with Crippen molar-refractivity contribution in [2.75, 3.05) is 31.1 Å². The van der Waals surface area contributed by atoms with Crippen molar-refractivity contribution >= 4 is 23.4 Å². The van der Waals surface area contributed by atoms with E-state index in [1.807, 2.05) is 11.8 Å². The van der Waals surface area contributed by atoms with Gasteiger partial charge in [-0.3, -0.25) is 0 Å². The number of hydrogen-bond acceptors (Lipinski definition) is 2. The minimum atomic E-state index is 0.317. The summed E-state index contributed by atoms with van der Waals surface area (Å²) in [5.74, 6) is 2.01. The van der Waals surface area contributed by atoms with Gasteiger partial charge in [-0.2, -0.15) is 11.8 Å². The fourth-order valence-electron chi connectivity index (χ4n) is 1.61. The Kier molecular flexibility index (Phi) is 4.77. The Morgan fingerprint density at radius 3 is 2.92 bits per heavy atom. The summed E-state index contributed by atoms with van der Waals surface area (Å²) in [6.07, 6.45) is 5.82. The quantitative estimate of drug-likeness (QED) is 0.508. The van der Waals surface area contributed by atoms with Gasteiger partial charge in [0.05, 0.1) is 6.61 Å². The Balaban J connectivity index is 2.24. The van der Waals surface area contributed by atoms with Gasteiger partial charge in [0, 0.05) is 17.9 Å². The van der Waals surface area contributed by atoms with Gasteiger partial charge in [-0.1, -0.05) is 0 Å². The molecule has 1 fully saturated rings. The molecule has 3 heteroatoms. The maximum absolute atomic E-state index is 5.96. The van der Waals surface area contributed by atoms with E-state index in [0.29, 0.717) is 5.41 Å². The van der Waals surface area contributed by atoms with Crippen LogP contribution in [0.3, 0.4) is 0 Å². The van der Waals surface area contributed by atoms with Crippen LogP contribution in [0.5, 0.6) is 0 Å². The number of ether oxygens (including phenoxy) is 1. The summed E-state index contributed by atoms with van der Waals surface area (Å²) >= 11 is 7.87. The first-order chi connectivity index (χ1) is 5.83. The van der Waals surface area contributed by atoms with E-state index in [9.17, 15) is 0 Å². The number of rotatable bonds is 5. The van der Waals surface area contributed by atoms with Gasteiger partial charge in [0.15, 0.2) is 0 Å². The molecule has 0 N–H and O–H groups in total. The second-order valence-electron chi connectivity index (χ2n) is 3.53. The molecule has 0 aliphatic carbocycles. The lowest BCUT2D eigenvalue weighted by Crippen LogP contribution is -2.23. The molecule has 0 aromatic heterocycles. The minimum Gasteiger partial charge on any atom is -0.381 e. The van der Waals surface area contributed by atoms with Crippen LogP contribution in [-0.4, -0.2) is 31.1 Å². The standard InChI is InChI=1S/C9H17ClOS/c1-12-6-2-3-9(7-10)4-5-11-8-9/h2-8H2,1H3. The third-order valence-corrected chi connectivity index (χ3v) is 3.79. The van der Waals surface area contributed by atoms with Gasteiger partial charge in [-0.15, -0.1) is 11.6 Å². The molecule has 12 heavy (non-hydrogen) atoms. The lowest BCUT2D eigenvalue weighted by molar-refractivity contribution is 0.156. The lowest BCUT2D eigenvalue weighted by Gasteiger charge is -2.23. The Morgan fingerprint density at radius 1 is 1.58 bits per heavy atom. The predicted octanol–water partition coefficient (Wildman–Crippen LogP) is 2.78. The molecule has 0 aromatic carbocycles. The topological polar surface area (TPSA) is 9.23 Å². The number of thioether (sulfide) groups is 1. The van der Waals surface area contributed by atoms with Crippen LogP contribution in [0.15, 0.2) is 0 Å². The molecule has 1 atom stereocenters. The van der Waals surface area contributed by atoms with E-state index in [0.717, 1.165) is 25.5 Å². The summed E-state index contributed by atoms with van der Waals surface area (Å²) in [6, 6.07) is 0. The average Bonchev–Trinajstić information content (AvgIpc) is 2.55. The molecule has 0 radical (unpaired) electrons. The molecule has 1 unspecified atom stereocenters. The van der Waals surface area contributed by atoms with Crippen molar-refractivity contribution in [1.82, 2.24) is 0 Å². The van der Waals surface area contributed by atoms with Gasteiger partial charge in [0.2, 0.25) is 0 Å². The van der Waals surface area contributed by atoms with Crippen LogP contribution in [0.25, 0.3) is 0 Å². The molecule has 1 aliphatic rings. The van der Waals surface area contributed by atoms with Crippen LogP contribution in [0.1, 0.15) is 19.3 Å². The zero-order valence-electron chi connectivity index (χ0n) is 7.64. The molecule has 1 aliphatic heterocycles. The molecule has 72 valence electrons. The van der Waals surface area contributed by atoms with E-state index in [1.165, 1.54) is 18.6 Å². The summed E-state index contributed by atoms with van der Waals surface area (Å²) < 4.78 is 5.39. The largest absolute Gasteiger partial charge is 0.381 e. The molecule has 1 nitrogen and oxygen atoms in total. The van der Waals surface area contributed by atoms with Crippen molar-refractivity contribution < 1.29 is 4.74 Å². The van der Waals surface area contributed by atoms with Crippen LogP contribution in [0.4, 0.5) is 0 Å². The molecular weight excluding hydrogens is 192 g/mol. The van der Waals surface area contributed by atoms with Crippen LogP contribution >= 0.6 is 23.4 Å². The first kappa shape index (κ1) is 10.7. The zero-order valence-corrected chi connectivity index (χ0v) is 9.22. The van der Waals surface area contributed by atoms with Gasteiger partial charge in [0.25, 0.3) is 0 Å². The molecule has 0 amide bonds. The Bertz CT molecular complexity index is 124. The van der Waals surface area contributed by atoms with Gasteiger partial charge in [0.1, 0.15) is 0 Å². The number of alkyl halides is 1. The lowest BCUT2D eigenvalue weighted by atomic mass is 9.85. The highest BCUT2D eigenvalue weighted by atomic mass is 35.5. The van der Waals surface area contributed by atoms with E-state index >= 15 is 0 Å². The minimum absolute atomic E-state index is 0.317. The smallest absolute Gasteiger partial charge is 0.0534 e. The highest BCUT2D eigenvalue weighted by Gasteiger charge is 2.33. The summed E-state index contributed by atoms with van der Waals surface area (Å²) in [5, 5.41) is 0. The van der Waals surface area contributed by atoms with Gasteiger partial charge in [-0.25, -0.2) is 0 Å². The average molecular weight is 209 g/mol. The van der Waals surface area contributed by atoms with Crippen molar-refractivity contribution in [1.29, 1.82) is 0 Å². The molecule has 0 spiro atoms. The van der Waals surface area contributed by atoms with Crippen molar-refractivity contribution in [3.8, 4) is 0 Å². The van der Waals surface area contributed by atoms with Crippen molar-refractivity contribution in [2.24, 2.45) is 5.41 Å². The third-order valence-electron chi connectivity index (χ3n) is 2.52. The normalized spacial score (nSPS) is 29.5.